The Bertz CT molecular complexity index is 758. The summed E-state index contributed by atoms with van der Waals surface area (Å²) in [5.74, 6) is 0.557. The molecule has 7 heteroatoms. The van der Waals surface area contributed by atoms with E-state index in [0.717, 1.165) is 37.6 Å². The third-order valence-electron chi connectivity index (χ3n) is 4.42. The van der Waals surface area contributed by atoms with Gasteiger partial charge < -0.3 is 14.7 Å². The van der Waals surface area contributed by atoms with Crippen LogP contribution in [0.4, 0.5) is 5.69 Å². The summed E-state index contributed by atoms with van der Waals surface area (Å²) >= 11 is 0. The van der Waals surface area contributed by atoms with Crippen LogP contribution in [0.15, 0.2) is 30.5 Å². The fourth-order valence-electron chi connectivity index (χ4n) is 3.04. The van der Waals surface area contributed by atoms with Crippen molar-refractivity contribution in [2.75, 3.05) is 38.2 Å². The van der Waals surface area contributed by atoms with Gasteiger partial charge >= 0.3 is 5.97 Å². The van der Waals surface area contributed by atoms with E-state index in [2.05, 4.69) is 25.8 Å². The van der Waals surface area contributed by atoms with E-state index >= 15 is 0 Å². The number of aromatic carboxylic acids is 1. The number of hydrogen-bond acceptors (Lipinski definition) is 6. The van der Waals surface area contributed by atoms with Crippen LogP contribution in [0.25, 0.3) is 0 Å². The molecule has 0 spiro atoms. The van der Waals surface area contributed by atoms with Crippen molar-refractivity contribution in [2.45, 2.75) is 13.5 Å². The predicted octanol–water partition coefficient (Wildman–Crippen LogP) is 1.81. The Hall–Kier alpha value is -2.67. The van der Waals surface area contributed by atoms with Gasteiger partial charge in [-0.15, -0.1) is 0 Å². The molecule has 1 aromatic carbocycles. The van der Waals surface area contributed by atoms with Crippen molar-refractivity contribution in [3.05, 3.63) is 47.5 Å². The Morgan fingerprint density at radius 2 is 1.96 bits per heavy atom. The first-order valence-electron chi connectivity index (χ1n) is 8.24. The number of aromatic nitrogens is 2. The number of aryl methyl sites for hydroxylation is 1. The zero-order valence-electron chi connectivity index (χ0n) is 14.5. The van der Waals surface area contributed by atoms with Crippen LogP contribution in [0.3, 0.4) is 0 Å². The number of carboxylic acids is 1. The molecule has 1 saturated heterocycles. The molecule has 0 amide bonds. The lowest BCUT2D eigenvalue weighted by atomic mass is 10.2. The minimum Gasteiger partial charge on any atom is -0.495 e. The van der Waals surface area contributed by atoms with Crippen molar-refractivity contribution in [3.8, 4) is 5.75 Å². The van der Waals surface area contributed by atoms with Crippen LogP contribution >= 0.6 is 0 Å². The largest absolute Gasteiger partial charge is 0.495 e. The molecule has 0 radical (unpaired) electrons. The summed E-state index contributed by atoms with van der Waals surface area (Å²) in [6.07, 6.45) is 1.39. The number of piperazine rings is 1. The van der Waals surface area contributed by atoms with E-state index in [1.165, 1.54) is 6.20 Å². The molecule has 1 aliphatic heterocycles. The van der Waals surface area contributed by atoms with Gasteiger partial charge in [0.2, 0.25) is 0 Å². The van der Waals surface area contributed by atoms with E-state index in [4.69, 9.17) is 9.84 Å². The first-order valence-corrected chi connectivity index (χ1v) is 8.24. The van der Waals surface area contributed by atoms with Crippen molar-refractivity contribution in [3.63, 3.8) is 0 Å². The standard InChI is InChI=1S/C18H22N4O3/c1-13-14(18(23)24)11-19-17(20-13)12-21-7-9-22(10-8-21)15-5-3-4-6-16(15)25-2/h3-6,11H,7-10,12H2,1-2H3,(H,23,24). The van der Waals surface area contributed by atoms with Crippen molar-refractivity contribution in [1.82, 2.24) is 14.9 Å². The molecule has 25 heavy (non-hydrogen) atoms. The lowest BCUT2D eigenvalue weighted by molar-refractivity contribution is 0.0695. The van der Waals surface area contributed by atoms with Crippen molar-refractivity contribution >= 4 is 11.7 Å². The molecule has 0 saturated carbocycles. The minimum atomic E-state index is -0.991. The summed E-state index contributed by atoms with van der Waals surface area (Å²) in [5, 5.41) is 9.05. The normalized spacial score (nSPS) is 15.2. The predicted molar refractivity (Wildman–Crippen MR) is 94.2 cm³/mol. The zero-order valence-corrected chi connectivity index (χ0v) is 14.5. The molecule has 0 aliphatic carbocycles. The number of hydrogen-bond donors (Lipinski definition) is 1. The molecule has 1 N–H and O–H groups in total. The van der Waals surface area contributed by atoms with Gasteiger partial charge in [-0.3, -0.25) is 4.90 Å². The van der Waals surface area contributed by atoms with Gasteiger partial charge in [0.25, 0.3) is 0 Å². The van der Waals surface area contributed by atoms with Gasteiger partial charge in [0.15, 0.2) is 0 Å². The van der Waals surface area contributed by atoms with Gasteiger partial charge in [-0.1, -0.05) is 12.1 Å². The molecule has 1 fully saturated rings. The highest BCUT2D eigenvalue weighted by Crippen LogP contribution is 2.28. The van der Waals surface area contributed by atoms with Gasteiger partial charge in [-0.25, -0.2) is 14.8 Å². The van der Waals surface area contributed by atoms with Gasteiger partial charge in [0.05, 0.1) is 30.6 Å². The third-order valence-corrected chi connectivity index (χ3v) is 4.42. The van der Waals surface area contributed by atoms with Crippen LogP contribution in [0.1, 0.15) is 21.9 Å². The molecule has 0 bridgehead atoms. The van der Waals surface area contributed by atoms with Gasteiger partial charge in [-0.2, -0.15) is 0 Å². The molecule has 2 heterocycles. The Balaban J connectivity index is 1.61. The summed E-state index contributed by atoms with van der Waals surface area (Å²) in [4.78, 5) is 24.2. The SMILES string of the molecule is COc1ccccc1N1CCN(Cc2ncc(C(=O)O)c(C)n2)CC1. The number of carboxylic acid groups (broad SMARTS) is 1. The lowest BCUT2D eigenvalue weighted by Crippen LogP contribution is -2.46. The smallest absolute Gasteiger partial charge is 0.339 e. The number of nitrogens with zero attached hydrogens (tertiary/aromatic N) is 4. The molecule has 1 aliphatic rings. The highest BCUT2D eigenvalue weighted by Gasteiger charge is 2.20. The maximum absolute atomic E-state index is 11.0. The summed E-state index contributed by atoms with van der Waals surface area (Å²) in [7, 11) is 1.69. The van der Waals surface area contributed by atoms with Crippen LogP contribution in [0.5, 0.6) is 5.75 Å². The Labute approximate surface area is 146 Å². The number of methoxy groups -OCH3 is 1. The average Bonchev–Trinajstić information content (AvgIpc) is 2.62. The number of carbonyl (C=O) groups is 1. The van der Waals surface area contributed by atoms with E-state index < -0.39 is 5.97 Å². The van der Waals surface area contributed by atoms with Crippen LogP contribution in [0.2, 0.25) is 0 Å². The molecule has 7 nitrogen and oxygen atoms in total. The molecule has 0 unspecified atom stereocenters. The monoisotopic (exact) mass is 342 g/mol. The highest BCUT2D eigenvalue weighted by atomic mass is 16.5. The van der Waals surface area contributed by atoms with Crippen LogP contribution in [0, 0.1) is 6.92 Å². The van der Waals surface area contributed by atoms with Gasteiger partial charge in [0.1, 0.15) is 11.6 Å². The highest BCUT2D eigenvalue weighted by molar-refractivity contribution is 5.88. The number of para-hydroxylation sites is 2. The van der Waals surface area contributed by atoms with E-state index in [1.807, 2.05) is 18.2 Å². The molecular weight excluding hydrogens is 320 g/mol. The summed E-state index contributed by atoms with van der Waals surface area (Å²) in [6.45, 7) is 5.90. The number of rotatable bonds is 5. The third kappa shape index (κ3) is 3.88. The van der Waals surface area contributed by atoms with Crippen molar-refractivity contribution < 1.29 is 14.6 Å². The van der Waals surface area contributed by atoms with Crippen molar-refractivity contribution in [1.29, 1.82) is 0 Å². The Kier molecular flexibility index (Phi) is 5.14. The fourth-order valence-corrected chi connectivity index (χ4v) is 3.04. The molecule has 0 atom stereocenters. The molecule has 2 aromatic rings. The number of ether oxygens (including phenoxy) is 1. The first kappa shape index (κ1) is 17.2. The van der Waals surface area contributed by atoms with Crippen LogP contribution in [-0.4, -0.2) is 59.2 Å². The van der Waals surface area contributed by atoms with Crippen molar-refractivity contribution in [2.24, 2.45) is 0 Å². The Morgan fingerprint density at radius 3 is 2.60 bits per heavy atom. The van der Waals surface area contributed by atoms with E-state index in [-0.39, 0.29) is 5.56 Å². The zero-order chi connectivity index (χ0) is 17.8. The molecule has 1 aromatic heterocycles. The lowest BCUT2D eigenvalue weighted by Gasteiger charge is -2.36. The second kappa shape index (κ2) is 7.48. The Morgan fingerprint density at radius 1 is 1.24 bits per heavy atom. The maximum Gasteiger partial charge on any atom is 0.339 e. The van der Waals surface area contributed by atoms with Gasteiger partial charge in [0, 0.05) is 32.4 Å². The first-order chi connectivity index (χ1) is 12.1. The second-order valence-corrected chi connectivity index (χ2v) is 6.03. The summed E-state index contributed by atoms with van der Waals surface area (Å²) < 4.78 is 5.44. The quantitative estimate of drug-likeness (QED) is 0.888. The van der Waals surface area contributed by atoms with Crippen LogP contribution < -0.4 is 9.64 Å². The van der Waals surface area contributed by atoms with E-state index in [0.29, 0.717) is 18.1 Å². The topological polar surface area (TPSA) is 78.8 Å². The van der Waals surface area contributed by atoms with E-state index in [1.54, 1.807) is 14.0 Å². The van der Waals surface area contributed by atoms with Crippen LogP contribution in [-0.2, 0) is 6.54 Å². The second-order valence-electron chi connectivity index (χ2n) is 6.03. The summed E-state index contributed by atoms with van der Waals surface area (Å²) in [5.41, 5.74) is 1.78. The average molecular weight is 342 g/mol. The number of benzene rings is 1. The minimum absolute atomic E-state index is 0.157. The fraction of sp³-hybridized carbons (Fsp3) is 0.389. The maximum atomic E-state index is 11.0. The van der Waals surface area contributed by atoms with Gasteiger partial charge in [-0.05, 0) is 19.1 Å². The molecular formula is C18H22N4O3. The van der Waals surface area contributed by atoms with E-state index in [9.17, 15) is 4.79 Å². The molecule has 3 rings (SSSR count). The summed E-state index contributed by atoms with van der Waals surface area (Å²) in [6, 6.07) is 8.04. The molecule has 132 valence electrons. The number of anilines is 1.